The van der Waals surface area contributed by atoms with Gasteiger partial charge in [0, 0.05) is 25.0 Å². The summed E-state index contributed by atoms with van der Waals surface area (Å²) in [6.07, 6.45) is 1.02. The molecule has 1 fully saturated rings. The molecule has 1 aromatic carbocycles. The third-order valence-corrected chi connectivity index (χ3v) is 2.94. The van der Waals surface area contributed by atoms with Crippen LogP contribution >= 0.6 is 12.4 Å². The van der Waals surface area contributed by atoms with Gasteiger partial charge in [0.05, 0.1) is 0 Å². The second-order valence-electron chi connectivity index (χ2n) is 4.27. The first kappa shape index (κ1) is 14.8. The zero-order chi connectivity index (χ0) is 12.3. The summed E-state index contributed by atoms with van der Waals surface area (Å²) in [5.41, 5.74) is 5.71. The van der Waals surface area contributed by atoms with Gasteiger partial charge in [-0.2, -0.15) is 0 Å². The molecule has 1 aromatic rings. The number of carbonyl (C=O) groups is 1. The van der Waals surface area contributed by atoms with Crippen LogP contribution in [0.3, 0.4) is 0 Å². The highest BCUT2D eigenvalue weighted by Crippen LogP contribution is 2.21. The Balaban J connectivity index is 0.00000162. The number of aromatic hydroxyl groups is 1. The molecule has 1 aliphatic rings. The van der Waals surface area contributed by atoms with Gasteiger partial charge in [-0.15, -0.1) is 12.4 Å². The van der Waals surface area contributed by atoms with E-state index in [2.05, 4.69) is 5.32 Å². The van der Waals surface area contributed by atoms with Crippen LogP contribution in [0.5, 0.6) is 5.75 Å². The Labute approximate surface area is 112 Å². The van der Waals surface area contributed by atoms with Crippen molar-refractivity contribution in [1.82, 2.24) is 0 Å². The van der Waals surface area contributed by atoms with Gasteiger partial charge in [-0.1, -0.05) is 6.07 Å². The summed E-state index contributed by atoms with van der Waals surface area (Å²) in [6, 6.07) is 6.40. The molecule has 0 radical (unpaired) electrons. The van der Waals surface area contributed by atoms with E-state index in [9.17, 15) is 9.90 Å². The molecular weight excluding hydrogens is 256 g/mol. The van der Waals surface area contributed by atoms with Crippen LogP contribution in [0, 0.1) is 0 Å². The normalized spacial score (nSPS) is 17.6. The molecule has 100 valence electrons. The second kappa shape index (κ2) is 6.04. The lowest BCUT2D eigenvalue weighted by atomic mass is 9.90. The maximum atomic E-state index is 12.0. The van der Waals surface area contributed by atoms with E-state index in [0.29, 0.717) is 31.7 Å². The molecule has 2 rings (SSSR count). The standard InChI is InChI=1S/C12H16N2O3.ClH/c13-12(4-6-17-7-5-12)11(16)14-9-2-1-3-10(15)8-9;/h1-3,8,15H,4-7,13H2,(H,14,16);1H. The van der Waals surface area contributed by atoms with Crippen LogP contribution in [-0.2, 0) is 9.53 Å². The monoisotopic (exact) mass is 272 g/mol. The minimum absolute atomic E-state index is 0. The van der Waals surface area contributed by atoms with Crippen molar-refractivity contribution in [2.75, 3.05) is 18.5 Å². The molecule has 1 heterocycles. The Bertz CT molecular complexity index is 420. The topological polar surface area (TPSA) is 84.6 Å². The summed E-state index contributed by atoms with van der Waals surface area (Å²) in [6.45, 7) is 1.01. The highest BCUT2D eigenvalue weighted by atomic mass is 35.5. The van der Waals surface area contributed by atoms with Gasteiger partial charge in [0.1, 0.15) is 11.3 Å². The fourth-order valence-electron chi connectivity index (χ4n) is 1.80. The van der Waals surface area contributed by atoms with E-state index in [-0.39, 0.29) is 24.1 Å². The Kier molecular flexibility index (Phi) is 4.95. The summed E-state index contributed by atoms with van der Waals surface area (Å²) < 4.78 is 5.18. The third-order valence-electron chi connectivity index (χ3n) is 2.94. The molecule has 1 aliphatic heterocycles. The first-order valence-electron chi connectivity index (χ1n) is 5.57. The van der Waals surface area contributed by atoms with Crippen LogP contribution in [0.1, 0.15) is 12.8 Å². The molecule has 5 nitrogen and oxygen atoms in total. The lowest BCUT2D eigenvalue weighted by Gasteiger charge is -2.31. The van der Waals surface area contributed by atoms with E-state index in [1.807, 2.05) is 0 Å². The molecule has 0 aliphatic carbocycles. The second-order valence-corrected chi connectivity index (χ2v) is 4.27. The number of nitrogens with two attached hydrogens (primary N) is 1. The molecule has 0 bridgehead atoms. The Morgan fingerprint density at radius 2 is 2.06 bits per heavy atom. The highest BCUT2D eigenvalue weighted by molar-refractivity contribution is 5.98. The lowest BCUT2D eigenvalue weighted by molar-refractivity contribution is -0.124. The fraction of sp³-hybridized carbons (Fsp3) is 0.417. The summed E-state index contributed by atoms with van der Waals surface area (Å²) in [5.74, 6) is -0.118. The third kappa shape index (κ3) is 3.35. The van der Waals surface area contributed by atoms with Gasteiger partial charge in [-0.3, -0.25) is 4.79 Å². The zero-order valence-corrected chi connectivity index (χ0v) is 10.7. The van der Waals surface area contributed by atoms with Crippen molar-refractivity contribution in [1.29, 1.82) is 0 Å². The molecule has 0 unspecified atom stereocenters. The molecule has 1 amide bonds. The first-order chi connectivity index (χ1) is 8.10. The van der Waals surface area contributed by atoms with Gasteiger partial charge in [0.25, 0.3) is 0 Å². The SMILES string of the molecule is Cl.NC1(C(=O)Nc2cccc(O)c2)CCOCC1. The van der Waals surface area contributed by atoms with Crippen LogP contribution in [0.4, 0.5) is 5.69 Å². The molecule has 0 saturated carbocycles. The number of nitrogens with one attached hydrogen (secondary N) is 1. The van der Waals surface area contributed by atoms with Gasteiger partial charge < -0.3 is 20.9 Å². The van der Waals surface area contributed by atoms with Crippen LogP contribution in [-0.4, -0.2) is 29.8 Å². The predicted octanol–water partition coefficient (Wildman–Crippen LogP) is 1.26. The highest BCUT2D eigenvalue weighted by Gasteiger charge is 2.35. The Morgan fingerprint density at radius 3 is 2.67 bits per heavy atom. The molecule has 18 heavy (non-hydrogen) atoms. The maximum absolute atomic E-state index is 12.0. The van der Waals surface area contributed by atoms with E-state index in [0.717, 1.165) is 0 Å². The van der Waals surface area contributed by atoms with Gasteiger partial charge in [-0.05, 0) is 25.0 Å². The molecule has 1 saturated heterocycles. The molecule has 0 spiro atoms. The van der Waals surface area contributed by atoms with Crippen LogP contribution < -0.4 is 11.1 Å². The minimum atomic E-state index is -0.871. The van der Waals surface area contributed by atoms with Crippen molar-refractivity contribution in [3.8, 4) is 5.75 Å². The number of hydrogen-bond donors (Lipinski definition) is 3. The maximum Gasteiger partial charge on any atom is 0.244 e. The Morgan fingerprint density at radius 1 is 1.39 bits per heavy atom. The molecule has 0 atom stereocenters. The fourth-order valence-corrected chi connectivity index (χ4v) is 1.80. The number of amides is 1. The van der Waals surface area contributed by atoms with Crippen LogP contribution in [0.2, 0.25) is 0 Å². The van der Waals surface area contributed by atoms with Crippen molar-refractivity contribution < 1.29 is 14.6 Å². The van der Waals surface area contributed by atoms with Gasteiger partial charge >= 0.3 is 0 Å². The van der Waals surface area contributed by atoms with E-state index in [1.54, 1.807) is 18.2 Å². The van der Waals surface area contributed by atoms with Crippen molar-refractivity contribution >= 4 is 24.0 Å². The quantitative estimate of drug-likeness (QED) is 0.757. The summed E-state index contributed by atoms with van der Waals surface area (Å²) in [7, 11) is 0. The molecule has 4 N–H and O–H groups in total. The number of carbonyl (C=O) groups excluding carboxylic acids is 1. The van der Waals surface area contributed by atoms with E-state index in [4.69, 9.17) is 10.5 Å². The van der Waals surface area contributed by atoms with E-state index >= 15 is 0 Å². The molecular formula is C12H17ClN2O3. The first-order valence-corrected chi connectivity index (χ1v) is 5.57. The number of anilines is 1. The number of ether oxygens (including phenoxy) is 1. The zero-order valence-electron chi connectivity index (χ0n) is 9.89. The predicted molar refractivity (Wildman–Crippen MR) is 71.0 cm³/mol. The van der Waals surface area contributed by atoms with Gasteiger partial charge in [-0.25, -0.2) is 0 Å². The summed E-state index contributed by atoms with van der Waals surface area (Å²) in [5, 5.41) is 12.0. The smallest absolute Gasteiger partial charge is 0.244 e. The lowest BCUT2D eigenvalue weighted by Crippen LogP contribution is -2.54. The Hall–Kier alpha value is -1.30. The number of halogens is 1. The summed E-state index contributed by atoms with van der Waals surface area (Å²) >= 11 is 0. The average Bonchev–Trinajstić information content (AvgIpc) is 2.30. The van der Waals surface area contributed by atoms with Crippen molar-refractivity contribution in [3.63, 3.8) is 0 Å². The average molecular weight is 273 g/mol. The number of hydrogen-bond acceptors (Lipinski definition) is 4. The van der Waals surface area contributed by atoms with Crippen LogP contribution in [0.25, 0.3) is 0 Å². The van der Waals surface area contributed by atoms with Crippen LogP contribution in [0.15, 0.2) is 24.3 Å². The van der Waals surface area contributed by atoms with Crippen molar-refractivity contribution in [3.05, 3.63) is 24.3 Å². The summed E-state index contributed by atoms with van der Waals surface area (Å²) in [4.78, 5) is 12.0. The van der Waals surface area contributed by atoms with E-state index < -0.39 is 5.54 Å². The van der Waals surface area contributed by atoms with Crippen molar-refractivity contribution in [2.24, 2.45) is 5.73 Å². The molecule has 0 aromatic heterocycles. The number of phenols is 1. The van der Waals surface area contributed by atoms with Crippen molar-refractivity contribution in [2.45, 2.75) is 18.4 Å². The number of benzene rings is 1. The minimum Gasteiger partial charge on any atom is -0.508 e. The number of phenolic OH excluding ortho intramolecular Hbond substituents is 1. The largest absolute Gasteiger partial charge is 0.508 e. The number of rotatable bonds is 2. The molecule has 6 heteroatoms. The van der Waals surface area contributed by atoms with Gasteiger partial charge in [0.15, 0.2) is 0 Å². The van der Waals surface area contributed by atoms with E-state index in [1.165, 1.54) is 6.07 Å². The van der Waals surface area contributed by atoms with Gasteiger partial charge in [0.2, 0.25) is 5.91 Å².